The molecule has 1 aromatic heterocycles. The minimum absolute atomic E-state index is 0.166. The van der Waals surface area contributed by atoms with Crippen LogP contribution in [0.25, 0.3) is 10.9 Å². The maximum absolute atomic E-state index is 13.3. The van der Waals surface area contributed by atoms with E-state index in [0.29, 0.717) is 11.8 Å². The van der Waals surface area contributed by atoms with E-state index in [1.807, 2.05) is 26.8 Å². The highest BCUT2D eigenvalue weighted by molar-refractivity contribution is 6.31. The van der Waals surface area contributed by atoms with Crippen LogP contribution in [-0.2, 0) is 16.0 Å². The van der Waals surface area contributed by atoms with Crippen molar-refractivity contribution in [3.8, 4) is 0 Å². The molecule has 2 N–H and O–H groups in total. The van der Waals surface area contributed by atoms with Gasteiger partial charge in [-0.15, -0.1) is 0 Å². The number of fused-ring (bicyclic) bond motifs is 3. The Morgan fingerprint density at radius 1 is 1.20 bits per heavy atom. The lowest BCUT2D eigenvalue weighted by Crippen LogP contribution is -2.44. The smallest absolute Gasteiger partial charge is 0.407 e. The molecule has 1 fully saturated rings. The number of hydrogen-bond donors (Lipinski definition) is 2. The number of H-pyrrole nitrogens is 1. The Kier molecular flexibility index (Phi) is 9.14. The zero-order valence-corrected chi connectivity index (χ0v) is 22.9. The van der Waals surface area contributed by atoms with Gasteiger partial charge in [-0.3, -0.25) is 4.79 Å². The number of alkyl carbamates (subject to hydrolysis) is 1. The van der Waals surface area contributed by atoms with Gasteiger partial charge >= 0.3 is 6.09 Å². The molecule has 2 aromatic rings. The molecule has 194 valence electrons. The van der Waals surface area contributed by atoms with Gasteiger partial charge in [0.1, 0.15) is 5.60 Å². The van der Waals surface area contributed by atoms with Crippen LogP contribution in [0.5, 0.6) is 0 Å². The van der Waals surface area contributed by atoms with Crippen LogP contribution in [0.4, 0.5) is 4.79 Å². The number of nitrogens with zero attached hydrogens (tertiary/aromatic N) is 1. The van der Waals surface area contributed by atoms with E-state index >= 15 is 0 Å². The number of carbonyl (C=O) groups excluding carboxylic acids is 2. The number of rotatable bonds is 3. The van der Waals surface area contributed by atoms with Crippen LogP contribution in [0.15, 0.2) is 18.2 Å². The fourth-order valence-electron chi connectivity index (χ4n) is 5.21. The van der Waals surface area contributed by atoms with E-state index in [1.54, 1.807) is 0 Å². The van der Waals surface area contributed by atoms with Gasteiger partial charge in [0, 0.05) is 41.1 Å². The second-order valence-electron chi connectivity index (χ2n) is 11.2. The van der Waals surface area contributed by atoms with E-state index in [2.05, 4.69) is 41.2 Å². The zero-order chi connectivity index (χ0) is 25.8. The first kappa shape index (κ1) is 27.4. The van der Waals surface area contributed by atoms with Crippen LogP contribution >= 0.6 is 11.6 Å². The van der Waals surface area contributed by atoms with Gasteiger partial charge in [0.15, 0.2) is 0 Å². The second kappa shape index (κ2) is 11.7. The van der Waals surface area contributed by atoms with E-state index in [1.165, 1.54) is 43.0 Å². The van der Waals surface area contributed by atoms with E-state index in [9.17, 15) is 9.59 Å². The highest BCUT2D eigenvalue weighted by atomic mass is 35.5. The summed E-state index contributed by atoms with van der Waals surface area (Å²) in [6.45, 7) is 10.8. The number of hydrogen-bond acceptors (Lipinski definition) is 3. The highest BCUT2D eigenvalue weighted by Gasteiger charge is 2.36. The Morgan fingerprint density at radius 3 is 2.46 bits per heavy atom. The number of carbonyl (C=O) groups is 2. The quantitative estimate of drug-likeness (QED) is 0.472. The number of amides is 2. The molecule has 35 heavy (non-hydrogen) atoms. The predicted molar refractivity (Wildman–Crippen MR) is 143 cm³/mol. The molecule has 0 radical (unpaired) electrons. The van der Waals surface area contributed by atoms with Crippen LogP contribution in [0.3, 0.4) is 0 Å². The van der Waals surface area contributed by atoms with Crippen molar-refractivity contribution in [2.24, 2.45) is 11.8 Å². The van der Waals surface area contributed by atoms with Crippen molar-refractivity contribution < 1.29 is 14.3 Å². The summed E-state index contributed by atoms with van der Waals surface area (Å²) in [6, 6.07) is 6.24. The van der Waals surface area contributed by atoms with E-state index in [0.717, 1.165) is 42.8 Å². The number of aromatic nitrogens is 1. The minimum Gasteiger partial charge on any atom is -0.444 e. The molecule has 0 bridgehead atoms. The van der Waals surface area contributed by atoms with Crippen LogP contribution < -0.4 is 5.32 Å². The summed E-state index contributed by atoms with van der Waals surface area (Å²) < 4.78 is 4.84. The van der Waals surface area contributed by atoms with Gasteiger partial charge in [-0.25, -0.2) is 4.79 Å². The fourth-order valence-corrected chi connectivity index (χ4v) is 5.38. The summed E-state index contributed by atoms with van der Waals surface area (Å²) >= 11 is 6.24. The van der Waals surface area contributed by atoms with Gasteiger partial charge in [-0.2, -0.15) is 0 Å². The molecule has 0 spiro atoms. The summed E-state index contributed by atoms with van der Waals surface area (Å²) in [5.74, 6) is 1.17. The van der Waals surface area contributed by atoms with Gasteiger partial charge in [-0.05, 0) is 76.1 Å². The predicted octanol–water partition coefficient (Wildman–Crippen LogP) is 7.01. The van der Waals surface area contributed by atoms with Gasteiger partial charge in [0.25, 0.3) is 0 Å². The Balaban J connectivity index is 0.000000327. The second-order valence-corrected chi connectivity index (χ2v) is 11.7. The van der Waals surface area contributed by atoms with Crippen molar-refractivity contribution in [1.29, 1.82) is 0 Å². The van der Waals surface area contributed by atoms with Crippen molar-refractivity contribution >= 4 is 34.5 Å². The minimum atomic E-state index is -0.389. The van der Waals surface area contributed by atoms with Crippen molar-refractivity contribution in [3.63, 3.8) is 0 Å². The number of halogens is 1. The molecular weight excluding hydrogens is 462 g/mol. The van der Waals surface area contributed by atoms with E-state index in [4.69, 9.17) is 16.3 Å². The van der Waals surface area contributed by atoms with Gasteiger partial charge < -0.3 is 19.9 Å². The number of ether oxygens (including phenoxy) is 1. The normalized spacial score (nSPS) is 18.6. The molecule has 1 aromatic carbocycles. The first-order valence-corrected chi connectivity index (χ1v) is 13.4. The fraction of sp³-hybridized carbons (Fsp3) is 0.643. The van der Waals surface area contributed by atoms with E-state index in [-0.39, 0.29) is 23.7 Å². The van der Waals surface area contributed by atoms with Crippen molar-refractivity contribution in [2.75, 3.05) is 13.6 Å². The van der Waals surface area contributed by atoms with Gasteiger partial charge in [0.05, 0.1) is 6.04 Å². The molecule has 2 aliphatic rings. The topological polar surface area (TPSA) is 74.4 Å². The Morgan fingerprint density at radius 2 is 1.89 bits per heavy atom. The average Bonchev–Trinajstić information content (AvgIpc) is 3.17. The molecular formula is C28H42ClN3O3. The van der Waals surface area contributed by atoms with Crippen molar-refractivity contribution in [1.82, 2.24) is 15.2 Å². The zero-order valence-electron chi connectivity index (χ0n) is 22.2. The molecule has 1 aliphatic carbocycles. The highest BCUT2D eigenvalue weighted by Crippen LogP contribution is 2.40. The molecule has 1 saturated carbocycles. The van der Waals surface area contributed by atoms with E-state index < -0.39 is 0 Å². The van der Waals surface area contributed by atoms with Crippen LogP contribution in [-0.4, -0.2) is 41.1 Å². The number of nitrogens with one attached hydrogen (secondary N) is 2. The maximum atomic E-state index is 13.3. The monoisotopic (exact) mass is 503 g/mol. The van der Waals surface area contributed by atoms with Crippen molar-refractivity contribution in [3.05, 3.63) is 34.5 Å². The standard InChI is InChI=1S/C22H29ClN2O.C6H13NO2/c1-14(2)12-20-21-17(18-13-16(23)8-9-19(18)24-21)10-11-25(20)22(26)15-6-4-3-5-7-15;1-6(2,3)9-5(8)7-4/h8-9,13-15,20,24H,3-7,10-12H2,1-2H3;1-4H3,(H,7,8). The summed E-state index contributed by atoms with van der Waals surface area (Å²) in [5, 5.41) is 4.37. The molecule has 2 amide bonds. The number of aromatic amines is 1. The summed E-state index contributed by atoms with van der Waals surface area (Å²) in [7, 11) is 1.54. The first-order valence-electron chi connectivity index (χ1n) is 13.0. The third-order valence-electron chi connectivity index (χ3n) is 6.75. The summed E-state index contributed by atoms with van der Waals surface area (Å²) in [5.41, 5.74) is 3.35. The molecule has 6 nitrogen and oxygen atoms in total. The third kappa shape index (κ3) is 7.16. The lowest BCUT2D eigenvalue weighted by Gasteiger charge is -2.39. The molecule has 1 atom stereocenters. The summed E-state index contributed by atoms with van der Waals surface area (Å²) in [4.78, 5) is 29.6. The molecule has 7 heteroatoms. The van der Waals surface area contributed by atoms with Crippen LogP contribution in [0.1, 0.15) is 90.4 Å². The average molecular weight is 504 g/mol. The van der Waals surface area contributed by atoms with Crippen LogP contribution in [0, 0.1) is 11.8 Å². The molecule has 2 heterocycles. The van der Waals surface area contributed by atoms with Crippen LogP contribution in [0.2, 0.25) is 5.02 Å². The Hall–Kier alpha value is -2.21. The maximum Gasteiger partial charge on any atom is 0.407 e. The Labute approximate surface area is 215 Å². The lowest BCUT2D eigenvalue weighted by atomic mass is 9.85. The van der Waals surface area contributed by atoms with Gasteiger partial charge in [0.2, 0.25) is 5.91 Å². The third-order valence-corrected chi connectivity index (χ3v) is 6.98. The number of benzene rings is 1. The summed E-state index contributed by atoms with van der Waals surface area (Å²) in [6.07, 6.45) is 7.37. The SMILES string of the molecule is CC(C)CC1c2[nH]c3ccc(Cl)cc3c2CCN1C(=O)C1CCCCC1.CNC(=O)OC(C)(C)C. The molecule has 1 aliphatic heterocycles. The Bertz CT molecular complexity index is 1020. The van der Waals surface area contributed by atoms with Crippen molar-refractivity contribution in [2.45, 2.75) is 91.2 Å². The molecule has 4 rings (SSSR count). The largest absolute Gasteiger partial charge is 0.444 e. The molecule has 0 saturated heterocycles. The lowest BCUT2D eigenvalue weighted by molar-refractivity contribution is -0.140. The van der Waals surface area contributed by atoms with Gasteiger partial charge in [-0.1, -0.05) is 44.7 Å². The molecule has 1 unspecified atom stereocenters. The first-order chi connectivity index (χ1) is 16.5.